The van der Waals surface area contributed by atoms with Crippen molar-refractivity contribution in [2.24, 2.45) is 0 Å². The highest BCUT2D eigenvalue weighted by Crippen LogP contribution is 2.24. The van der Waals surface area contributed by atoms with E-state index in [9.17, 15) is 10.2 Å². The summed E-state index contributed by atoms with van der Waals surface area (Å²) >= 11 is 0. The molecule has 1 heterocycles. The molecular weight excluding hydrogens is 246 g/mol. The van der Waals surface area contributed by atoms with E-state index in [0.29, 0.717) is 18.1 Å². The molecule has 0 spiro atoms. The quantitative estimate of drug-likeness (QED) is 0.741. The van der Waals surface area contributed by atoms with Gasteiger partial charge in [-0.3, -0.25) is 0 Å². The van der Waals surface area contributed by atoms with Gasteiger partial charge in [0.05, 0.1) is 26.0 Å². The molecule has 0 aliphatic heterocycles. The van der Waals surface area contributed by atoms with Crippen molar-refractivity contribution in [3.05, 3.63) is 47.9 Å². The van der Waals surface area contributed by atoms with Crippen molar-refractivity contribution < 1.29 is 19.4 Å². The summed E-state index contributed by atoms with van der Waals surface area (Å²) in [5.41, 5.74) is 0.728. The molecule has 3 N–H and O–H groups in total. The molecule has 0 bridgehead atoms. The van der Waals surface area contributed by atoms with Crippen LogP contribution in [0.2, 0.25) is 0 Å². The standard InChI is InChI=1S/C14H17NO4/c1-18-11-5-4-10(13(17)7-11)8-15-12(9-16)14-3-2-6-19-14/h2-7,12,15-17H,8-9H2,1H3. The number of methoxy groups -OCH3 is 1. The fourth-order valence-electron chi connectivity index (χ4n) is 1.80. The van der Waals surface area contributed by atoms with Gasteiger partial charge in [-0.1, -0.05) is 6.07 Å². The Kier molecular flexibility index (Phi) is 4.43. The number of furan rings is 1. The van der Waals surface area contributed by atoms with Gasteiger partial charge in [0.2, 0.25) is 0 Å². The van der Waals surface area contributed by atoms with Gasteiger partial charge in [0.15, 0.2) is 0 Å². The van der Waals surface area contributed by atoms with E-state index >= 15 is 0 Å². The first-order valence-corrected chi connectivity index (χ1v) is 5.98. The van der Waals surface area contributed by atoms with Crippen molar-refractivity contribution in [1.82, 2.24) is 5.32 Å². The number of ether oxygens (including phenoxy) is 1. The number of benzene rings is 1. The number of phenolic OH excluding ortho intramolecular Hbond substituents is 1. The fraction of sp³-hybridized carbons (Fsp3) is 0.286. The molecule has 2 rings (SSSR count). The predicted molar refractivity (Wildman–Crippen MR) is 70.0 cm³/mol. The molecule has 0 radical (unpaired) electrons. The summed E-state index contributed by atoms with van der Waals surface area (Å²) < 4.78 is 10.3. The molecule has 0 aliphatic rings. The second kappa shape index (κ2) is 6.26. The maximum absolute atomic E-state index is 9.83. The third-order valence-electron chi connectivity index (χ3n) is 2.90. The number of nitrogens with one attached hydrogen (secondary N) is 1. The Morgan fingerprint density at radius 3 is 2.79 bits per heavy atom. The van der Waals surface area contributed by atoms with Crippen LogP contribution in [0.15, 0.2) is 41.0 Å². The predicted octanol–water partition coefficient (Wildman–Crippen LogP) is 1.82. The third-order valence-corrected chi connectivity index (χ3v) is 2.90. The van der Waals surface area contributed by atoms with Crippen LogP contribution in [0.1, 0.15) is 17.4 Å². The van der Waals surface area contributed by atoms with Gasteiger partial charge in [0, 0.05) is 18.2 Å². The number of aliphatic hydroxyl groups excluding tert-OH is 1. The van der Waals surface area contributed by atoms with E-state index in [2.05, 4.69) is 5.32 Å². The summed E-state index contributed by atoms with van der Waals surface area (Å²) in [6.07, 6.45) is 1.56. The number of phenols is 1. The van der Waals surface area contributed by atoms with Gasteiger partial charge in [0.25, 0.3) is 0 Å². The van der Waals surface area contributed by atoms with E-state index in [1.165, 1.54) is 0 Å². The lowest BCUT2D eigenvalue weighted by atomic mass is 10.1. The minimum atomic E-state index is -0.295. The molecule has 1 aromatic carbocycles. The van der Waals surface area contributed by atoms with Crippen LogP contribution in [0.3, 0.4) is 0 Å². The second-order valence-corrected chi connectivity index (χ2v) is 4.13. The average Bonchev–Trinajstić information content (AvgIpc) is 2.95. The second-order valence-electron chi connectivity index (χ2n) is 4.13. The van der Waals surface area contributed by atoms with Gasteiger partial charge in [-0.15, -0.1) is 0 Å². The number of hydrogen-bond acceptors (Lipinski definition) is 5. The summed E-state index contributed by atoms with van der Waals surface area (Å²) in [6, 6.07) is 8.37. The minimum absolute atomic E-state index is 0.0789. The Morgan fingerprint density at radius 1 is 1.37 bits per heavy atom. The van der Waals surface area contributed by atoms with Gasteiger partial charge in [-0.25, -0.2) is 0 Å². The highest BCUT2D eigenvalue weighted by Gasteiger charge is 2.13. The third kappa shape index (κ3) is 3.27. The lowest BCUT2D eigenvalue weighted by molar-refractivity contribution is 0.225. The number of aliphatic hydroxyl groups is 1. The molecule has 102 valence electrons. The average molecular weight is 263 g/mol. The zero-order valence-electron chi connectivity index (χ0n) is 10.7. The maximum Gasteiger partial charge on any atom is 0.123 e. The topological polar surface area (TPSA) is 74.9 Å². The van der Waals surface area contributed by atoms with Crippen LogP contribution in [-0.2, 0) is 6.54 Å². The molecule has 2 aromatic rings. The van der Waals surface area contributed by atoms with Crippen molar-refractivity contribution in [1.29, 1.82) is 0 Å². The van der Waals surface area contributed by atoms with E-state index in [1.54, 1.807) is 43.7 Å². The summed E-state index contributed by atoms with van der Waals surface area (Å²) in [4.78, 5) is 0. The normalized spacial score (nSPS) is 12.3. The molecule has 5 heteroatoms. The Labute approximate surface area is 111 Å². The summed E-state index contributed by atoms with van der Waals surface area (Å²) in [7, 11) is 1.55. The van der Waals surface area contributed by atoms with Crippen molar-refractivity contribution >= 4 is 0 Å². The Bertz CT molecular complexity index is 510. The van der Waals surface area contributed by atoms with E-state index in [1.807, 2.05) is 0 Å². The lowest BCUT2D eigenvalue weighted by Crippen LogP contribution is -2.23. The monoisotopic (exact) mass is 263 g/mol. The fourth-order valence-corrected chi connectivity index (χ4v) is 1.80. The molecule has 0 fully saturated rings. The molecule has 0 saturated heterocycles. The smallest absolute Gasteiger partial charge is 0.123 e. The lowest BCUT2D eigenvalue weighted by Gasteiger charge is -2.14. The molecule has 0 saturated carbocycles. The van der Waals surface area contributed by atoms with Crippen molar-refractivity contribution in [3.63, 3.8) is 0 Å². The first-order chi connectivity index (χ1) is 9.24. The van der Waals surface area contributed by atoms with Gasteiger partial charge in [-0.2, -0.15) is 0 Å². The zero-order valence-corrected chi connectivity index (χ0v) is 10.7. The minimum Gasteiger partial charge on any atom is -0.507 e. The molecule has 0 amide bonds. The molecule has 1 atom stereocenters. The van der Waals surface area contributed by atoms with Crippen molar-refractivity contribution in [2.75, 3.05) is 13.7 Å². The van der Waals surface area contributed by atoms with Crippen LogP contribution >= 0.6 is 0 Å². The molecule has 19 heavy (non-hydrogen) atoms. The molecule has 0 aliphatic carbocycles. The number of hydrogen-bond donors (Lipinski definition) is 3. The van der Waals surface area contributed by atoms with Gasteiger partial charge >= 0.3 is 0 Å². The molecule has 5 nitrogen and oxygen atoms in total. The van der Waals surface area contributed by atoms with Crippen molar-refractivity contribution in [3.8, 4) is 11.5 Å². The molecule has 1 aromatic heterocycles. The first kappa shape index (κ1) is 13.5. The number of rotatable bonds is 6. The maximum atomic E-state index is 9.83. The first-order valence-electron chi connectivity index (χ1n) is 5.98. The zero-order chi connectivity index (χ0) is 13.7. The SMILES string of the molecule is COc1ccc(CNC(CO)c2ccco2)c(O)c1. The van der Waals surface area contributed by atoms with Gasteiger partial charge in [0.1, 0.15) is 17.3 Å². The Hall–Kier alpha value is -1.98. The van der Waals surface area contributed by atoms with E-state index in [-0.39, 0.29) is 18.4 Å². The highest BCUT2D eigenvalue weighted by atomic mass is 16.5. The van der Waals surface area contributed by atoms with Crippen LogP contribution in [0.4, 0.5) is 0 Å². The van der Waals surface area contributed by atoms with E-state index in [0.717, 1.165) is 5.56 Å². The van der Waals surface area contributed by atoms with Gasteiger partial charge < -0.3 is 24.7 Å². The number of aromatic hydroxyl groups is 1. The molecule has 1 unspecified atom stereocenters. The summed E-state index contributed by atoms with van der Waals surface area (Å²) in [5, 5.41) is 22.3. The molecular formula is C14H17NO4. The van der Waals surface area contributed by atoms with Crippen LogP contribution in [0.25, 0.3) is 0 Å². The van der Waals surface area contributed by atoms with Crippen LogP contribution in [-0.4, -0.2) is 23.9 Å². The van der Waals surface area contributed by atoms with Crippen LogP contribution in [0.5, 0.6) is 11.5 Å². The van der Waals surface area contributed by atoms with Gasteiger partial charge in [-0.05, 0) is 18.2 Å². The Morgan fingerprint density at radius 2 is 2.21 bits per heavy atom. The van der Waals surface area contributed by atoms with E-state index < -0.39 is 0 Å². The Balaban J connectivity index is 2.01. The highest BCUT2D eigenvalue weighted by molar-refractivity contribution is 5.39. The van der Waals surface area contributed by atoms with Crippen molar-refractivity contribution in [2.45, 2.75) is 12.6 Å². The van der Waals surface area contributed by atoms with Crippen LogP contribution in [0, 0.1) is 0 Å². The van der Waals surface area contributed by atoms with E-state index in [4.69, 9.17) is 9.15 Å². The summed E-state index contributed by atoms with van der Waals surface area (Å²) in [6.45, 7) is 0.339. The summed E-state index contributed by atoms with van der Waals surface area (Å²) in [5.74, 6) is 1.42. The van der Waals surface area contributed by atoms with Crippen LogP contribution < -0.4 is 10.1 Å². The largest absolute Gasteiger partial charge is 0.507 e.